The first-order chi connectivity index (χ1) is 16.5. The van der Waals surface area contributed by atoms with Crippen LogP contribution in [0.5, 0.6) is 11.5 Å². The van der Waals surface area contributed by atoms with Gasteiger partial charge in [0.15, 0.2) is 17.8 Å². The maximum absolute atomic E-state index is 11.1. The smallest absolute Gasteiger partial charge is 0.407 e. The van der Waals surface area contributed by atoms with E-state index in [9.17, 15) is 9.59 Å². The Labute approximate surface area is 203 Å². The predicted molar refractivity (Wildman–Crippen MR) is 132 cm³/mol. The molecule has 35 heavy (non-hydrogen) atoms. The fourth-order valence-electron chi connectivity index (χ4n) is 3.66. The lowest BCUT2D eigenvalue weighted by Crippen LogP contribution is -2.55. The summed E-state index contributed by atoms with van der Waals surface area (Å²) in [5.41, 5.74) is 3.30. The lowest BCUT2D eigenvalue weighted by Gasteiger charge is -2.21. The fourth-order valence-corrected chi connectivity index (χ4v) is 3.66. The number of hydrogen-bond acceptors (Lipinski definition) is 6. The maximum Gasteiger partial charge on any atom is 0.407 e. The second-order valence-corrected chi connectivity index (χ2v) is 8.93. The Morgan fingerprint density at radius 3 is 2.17 bits per heavy atom. The Hall–Kier alpha value is -4.05. The van der Waals surface area contributed by atoms with Crippen molar-refractivity contribution in [1.82, 2.24) is 20.9 Å². The third-order valence-electron chi connectivity index (χ3n) is 5.45. The predicted octanol–water partition coefficient (Wildman–Crippen LogP) is 4.12. The standard InChI is InChI=1S/C25H30N4O6/c1-25(2,3)16-8-6-7-14(9-16)18-10-15-11-20(34-4)21(35-5)12-17(15)19(27-18)13-26-22(28-23(30)31)29-24(32)33/h6-12,22,26,28-29H,13H2,1-5H3,(H,30,31)(H,32,33). The molecule has 0 spiro atoms. The SMILES string of the molecule is COc1cc2cc(-c3cccc(C(C)(C)C)c3)nc(CNC(NC(=O)O)NC(=O)O)c2cc1OC. The number of rotatable bonds is 8. The van der Waals surface area contributed by atoms with Crippen molar-refractivity contribution in [3.8, 4) is 22.8 Å². The van der Waals surface area contributed by atoms with Gasteiger partial charge in [-0.2, -0.15) is 0 Å². The van der Waals surface area contributed by atoms with Crippen molar-refractivity contribution < 1.29 is 29.3 Å². The summed E-state index contributed by atoms with van der Waals surface area (Å²) in [4.78, 5) is 27.0. The molecule has 2 amide bonds. The third kappa shape index (κ3) is 6.30. The highest BCUT2D eigenvalue weighted by Crippen LogP contribution is 2.35. The van der Waals surface area contributed by atoms with Gasteiger partial charge in [0, 0.05) is 17.5 Å². The number of methoxy groups -OCH3 is 2. The van der Waals surface area contributed by atoms with E-state index in [2.05, 4.69) is 48.9 Å². The van der Waals surface area contributed by atoms with Crippen molar-refractivity contribution in [3.05, 3.63) is 53.7 Å². The highest BCUT2D eigenvalue weighted by molar-refractivity contribution is 5.91. The first-order valence-corrected chi connectivity index (χ1v) is 10.9. The molecule has 1 aromatic heterocycles. The molecule has 1 heterocycles. The Morgan fingerprint density at radius 1 is 0.971 bits per heavy atom. The minimum absolute atomic E-state index is 0.0495. The summed E-state index contributed by atoms with van der Waals surface area (Å²) in [6, 6.07) is 13.7. The van der Waals surface area contributed by atoms with E-state index in [1.54, 1.807) is 13.2 Å². The summed E-state index contributed by atoms with van der Waals surface area (Å²) >= 11 is 0. The number of ether oxygens (including phenoxy) is 2. The van der Waals surface area contributed by atoms with Gasteiger partial charge >= 0.3 is 12.2 Å². The highest BCUT2D eigenvalue weighted by atomic mass is 16.5. The van der Waals surface area contributed by atoms with Crippen LogP contribution in [0.25, 0.3) is 22.0 Å². The van der Waals surface area contributed by atoms with Gasteiger partial charge in [-0.25, -0.2) is 9.59 Å². The molecule has 0 aliphatic rings. The van der Waals surface area contributed by atoms with Gasteiger partial charge in [0.25, 0.3) is 0 Å². The number of benzene rings is 2. The topological polar surface area (TPSA) is 142 Å². The Kier molecular flexibility index (Phi) is 7.65. The molecule has 5 N–H and O–H groups in total. The van der Waals surface area contributed by atoms with Crippen LogP contribution < -0.4 is 25.4 Å². The number of fused-ring (bicyclic) bond motifs is 1. The number of nitrogens with zero attached hydrogens (tertiary/aromatic N) is 1. The van der Waals surface area contributed by atoms with Gasteiger partial charge in [0.1, 0.15) is 0 Å². The zero-order valence-corrected chi connectivity index (χ0v) is 20.3. The van der Waals surface area contributed by atoms with Crippen molar-refractivity contribution in [2.75, 3.05) is 14.2 Å². The van der Waals surface area contributed by atoms with E-state index < -0.39 is 18.5 Å². The molecule has 0 bridgehead atoms. The quantitative estimate of drug-likeness (QED) is 0.302. The van der Waals surface area contributed by atoms with E-state index >= 15 is 0 Å². The normalized spacial score (nSPS) is 11.4. The molecule has 0 unspecified atom stereocenters. The van der Waals surface area contributed by atoms with Crippen LogP contribution in [-0.2, 0) is 12.0 Å². The van der Waals surface area contributed by atoms with Crippen LogP contribution in [0.3, 0.4) is 0 Å². The molecule has 3 rings (SSSR count). The number of carbonyl (C=O) groups is 2. The fraction of sp³-hybridized carbons (Fsp3) is 0.320. The third-order valence-corrected chi connectivity index (χ3v) is 5.45. The summed E-state index contributed by atoms with van der Waals surface area (Å²) in [5, 5.41) is 26.7. The molecule has 0 aliphatic carbocycles. The lowest BCUT2D eigenvalue weighted by atomic mass is 9.86. The maximum atomic E-state index is 11.1. The molecule has 0 aliphatic heterocycles. The molecule has 3 aromatic rings. The number of pyridine rings is 1. The monoisotopic (exact) mass is 482 g/mol. The molecule has 0 atom stereocenters. The van der Waals surface area contributed by atoms with E-state index in [1.165, 1.54) is 7.11 Å². The average Bonchev–Trinajstić information content (AvgIpc) is 2.80. The van der Waals surface area contributed by atoms with Crippen LogP contribution in [0.2, 0.25) is 0 Å². The zero-order chi connectivity index (χ0) is 25.8. The molecule has 186 valence electrons. The van der Waals surface area contributed by atoms with Crippen LogP contribution in [0.4, 0.5) is 9.59 Å². The number of carboxylic acid groups (broad SMARTS) is 2. The van der Waals surface area contributed by atoms with E-state index in [4.69, 9.17) is 24.7 Å². The lowest BCUT2D eigenvalue weighted by molar-refractivity contribution is 0.170. The highest BCUT2D eigenvalue weighted by Gasteiger charge is 2.18. The van der Waals surface area contributed by atoms with Crippen LogP contribution in [-0.4, -0.2) is 47.9 Å². The van der Waals surface area contributed by atoms with E-state index in [0.717, 1.165) is 21.9 Å². The van der Waals surface area contributed by atoms with Crippen molar-refractivity contribution in [1.29, 1.82) is 0 Å². The van der Waals surface area contributed by atoms with Crippen molar-refractivity contribution in [2.45, 2.75) is 39.0 Å². The van der Waals surface area contributed by atoms with Crippen molar-refractivity contribution in [2.24, 2.45) is 0 Å². The molecule has 2 aromatic carbocycles. The van der Waals surface area contributed by atoms with E-state index in [0.29, 0.717) is 22.9 Å². The molecule has 0 fully saturated rings. The van der Waals surface area contributed by atoms with Crippen molar-refractivity contribution in [3.63, 3.8) is 0 Å². The van der Waals surface area contributed by atoms with Crippen LogP contribution in [0.1, 0.15) is 32.0 Å². The average molecular weight is 483 g/mol. The van der Waals surface area contributed by atoms with Gasteiger partial charge in [0.2, 0.25) is 0 Å². The summed E-state index contributed by atoms with van der Waals surface area (Å²) in [6.07, 6.45) is -4.00. The molecule has 0 radical (unpaired) electrons. The Bertz CT molecular complexity index is 1220. The molecule has 10 heteroatoms. The number of amides is 2. The molecule has 0 saturated heterocycles. The van der Waals surface area contributed by atoms with Gasteiger partial charge in [-0.05, 0) is 40.6 Å². The molecular weight excluding hydrogens is 452 g/mol. The minimum atomic E-state index is -1.38. The van der Waals surface area contributed by atoms with Crippen LogP contribution in [0, 0.1) is 0 Å². The van der Waals surface area contributed by atoms with Gasteiger partial charge in [-0.3, -0.25) is 20.9 Å². The number of nitrogens with one attached hydrogen (secondary N) is 3. The van der Waals surface area contributed by atoms with Crippen LogP contribution >= 0.6 is 0 Å². The van der Waals surface area contributed by atoms with Gasteiger partial charge in [0.05, 0.1) is 25.6 Å². The number of aromatic nitrogens is 1. The number of hydrogen-bond donors (Lipinski definition) is 5. The Morgan fingerprint density at radius 2 is 1.60 bits per heavy atom. The largest absolute Gasteiger partial charge is 0.493 e. The summed E-state index contributed by atoms with van der Waals surface area (Å²) in [7, 11) is 3.09. The van der Waals surface area contributed by atoms with Gasteiger partial charge < -0.3 is 19.7 Å². The van der Waals surface area contributed by atoms with E-state index in [-0.39, 0.29) is 12.0 Å². The zero-order valence-electron chi connectivity index (χ0n) is 20.3. The van der Waals surface area contributed by atoms with Crippen LogP contribution in [0.15, 0.2) is 42.5 Å². The molecule has 0 saturated carbocycles. The molecular formula is C25H30N4O6. The Balaban J connectivity index is 2.12. The second-order valence-electron chi connectivity index (χ2n) is 8.93. The summed E-state index contributed by atoms with van der Waals surface area (Å²) in [6.45, 7) is 6.47. The van der Waals surface area contributed by atoms with Crippen molar-refractivity contribution >= 4 is 23.0 Å². The second kappa shape index (κ2) is 10.5. The minimum Gasteiger partial charge on any atom is -0.493 e. The molecule has 10 nitrogen and oxygen atoms in total. The van der Waals surface area contributed by atoms with Gasteiger partial charge in [-0.15, -0.1) is 0 Å². The summed E-state index contributed by atoms with van der Waals surface area (Å²) < 4.78 is 10.9. The van der Waals surface area contributed by atoms with Gasteiger partial charge in [-0.1, -0.05) is 39.0 Å². The first-order valence-electron chi connectivity index (χ1n) is 10.9. The summed E-state index contributed by atoms with van der Waals surface area (Å²) in [5.74, 6) is 1.06. The first kappa shape index (κ1) is 25.6. The van der Waals surface area contributed by atoms with E-state index in [1.807, 2.05) is 24.3 Å².